The summed E-state index contributed by atoms with van der Waals surface area (Å²) in [5.41, 5.74) is 2.12. The molecule has 2 N–H and O–H groups in total. The van der Waals surface area contributed by atoms with Crippen LogP contribution >= 0.6 is 0 Å². The van der Waals surface area contributed by atoms with Crippen LogP contribution in [0.2, 0.25) is 0 Å². The van der Waals surface area contributed by atoms with Gasteiger partial charge in [0.2, 0.25) is 0 Å². The maximum Gasteiger partial charge on any atom is 0.335 e. The van der Waals surface area contributed by atoms with Gasteiger partial charge in [-0.1, -0.05) is 31.2 Å². The molecule has 0 bridgehead atoms. The Kier molecular flexibility index (Phi) is 6.17. The van der Waals surface area contributed by atoms with Crippen LogP contribution in [0.4, 0.5) is 0 Å². The first-order valence-corrected chi connectivity index (χ1v) is 8.21. The summed E-state index contributed by atoms with van der Waals surface area (Å²) in [6, 6.07) is 11.8. The largest absolute Gasteiger partial charge is 0.494 e. The van der Waals surface area contributed by atoms with Crippen LogP contribution in [0.1, 0.15) is 46.3 Å². The van der Waals surface area contributed by atoms with Crippen LogP contribution < -0.4 is 4.74 Å². The number of carboxylic acid groups (broad SMARTS) is 2. The number of hydrogen-bond donors (Lipinski definition) is 2. The third-order valence-electron chi connectivity index (χ3n) is 4.06. The maximum absolute atomic E-state index is 11.8. The molecule has 0 aliphatic rings. The molecule has 0 radical (unpaired) electrons. The van der Waals surface area contributed by atoms with Gasteiger partial charge in [-0.3, -0.25) is 4.79 Å². The van der Waals surface area contributed by atoms with Crippen LogP contribution in [0.25, 0.3) is 0 Å². The van der Waals surface area contributed by atoms with Crippen molar-refractivity contribution in [3.05, 3.63) is 64.7 Å². The van der Waals surface area contributed by atoms with Crippen molar-refractivity contribution in [3.63, 3.8) is 0 Å². The molecule has 0 saturated carbocycles. The predicted molar refractivity (Wildman–Crippen MR) is 94.4 cm³/mol. The van der Waals surface area contributed by atoms with Gasteiger partial charge in [0.05, 0.1) is 18.1 Å². The lowest BCUT2D eigenvalue weighted by Crippen LogP contribution is -2.17. The van der Waals surface area contributed by atoms with Crippen molar-refractivity contribution >= 4 is 11.9 Å². The Morgan fingerprint density at radius 2 is 1.84 bits per heavy atom. The average molecular weight is 342 g/mol. The minimum atomic E-state index is -1.06. The van der Waals surface area contributed by atoms with Crippen LogP contribution in [0, 0.1) is 6.92 Å². The van der Waals surface area contributed by atoms with Gasteiger partial charge in [-0.25, -0.2) is 4.79 Å². The van der Waals surface area contributed by atoms with Crippen molar-refractivity contribution in [2.75, 3.05) is 6.61 Å². The molecule has 2 aromatic carbocycles. The summed E-state index contributed by atoms with van der Waals surface area (Å²) in [5, 5.41) is 19.0. The molecule has 0 fully saturated rings. The van der Waals surface area contributed by atoms with E-state index in [1.54, 1.807) is 30.3 Å². The Bertz CT molecular complexity index is 766. The second kappa shape index (κ2) is 8.33. The third-order valence-corrected chi connectivity index (χ3v) is 4.06. The number of aliphatic carboxylic acids is 1. The lowest BCUT2D eigenvalue weighted by molar-refractivity contribution is -0.138. The molecule has 132 valence electrons. The molecule has 0 aromatic heterocycles. The van der Waals surface area contributed by atoms with E-state index in [1.807, 2.05) is 19.9 Å². The molecule has 5 heteroatoms. The van der Waals surface area contributed by atoms with Crippen molar-refractivity contribution in [1.82, 2.24) is 0 Å². The molecule has 1 unspecified atom stereocenters. The molecule has 0 aliphatic heterocycles. The number of rotatable bonds is 8. The summed E-state index contributed by atoms with van der Waals surface area (Å²) in [6.07, 6.45) is 1.01. The standard InChI is InChI=1S/C20H22O5/c1-3-10-25-15-8-9-16(13(2)11-15)18(20(23)24)12-14-6-4-5-7-17(14)19(21)22/h4-9,11,18H,3,10,12H2,1-2H3,(H,21,22)(H,23,24). The molecule has 0 aliphatic carbocycles. The first kappa shape index (κ1) is 18.5. The highest BCUT2D eigenvalue weighted by Gasteiger charge is 2.24. The molecule has 0 amide bonds. The molecule has 0 spiro atoms. The minimum absolute atomic E-state index is 0.119. The topological polar surface area (TPSA) is 83.8 Å². The zero-order chi connectivity index (χ0) is 18.4. The smallest absolute Gasteiger partial charge is 0.335 e. The second-order valence-corrected chi connectivity index (χ2v) is 5.92. The number of carboxylic acids is 2. The molecule has 0 heterocycles. The Morgan fingerprint density at radius 1 is 1.12 bits per heavy atom. The van der Waals surface area contributed by atoms with E-state index in [2.05, 4.69) is 0 Å². The number of aryl methyl sites for hydroxylation is 1. The molecule has 2 aromatic rings. The van der Waals surface area contributed by atoms with Gasteiger partial charge in [-0.2, -0.15) is 0 Å². The van der Waals surface area contributed by atoms with E-state index < -0.39 is 17.9 Å². The van der Waals surface area contributed by atoms with E-state index in [0.717, 1.165) is 12.0 Å². The summed E-state index contributed by atoms with van der Waals surface area (Å²) in [4.78, 5) is 23.2. The SMILES string of the molecule is CCCOc1ccc(C(Cc2ccccc2C(=O)O)C(=O)O)c(C)c1. The van der Waals surface area contributed by atoms with Crippen molar-refractivity contribution in [1.29, 1.82) is 0 Å². The number of aromatic carboxylic acids is 1. The summed E-state index contributed by atoms with van der Waals surface area (Å²) in [5.74, 6) is -2.15. The quantitative estimate of drug-likeness (QED) is 0.760. The van der Waals surface area contributed by atoms with Crippen LogP contribution in [0.5, 0.6) is 5.75 Å². The number of benzene rings is 2. The maximum atomic E-state index is 11.8. The van der Waals surface area contributed by atoms with Crippen molar-refractivity contribution < 1.29 is 24.5 Å². The lowest BCUT2D eigenvalue weighted by Gasteiger charge is -2.17. The van der Waals surface area contributed by atoms with Crippen LogP contribution in [0.15, 0.2) is 42.5 Å². The summed E-state index contributed by atoms with van der Waals surface area (Å²) >= 11 is 0. The van der Waals surface area contributed by atoms with Crippen LogP contribution in [-0.2, 0) is 11.2 Å². The fourth-order valence-electron chi connectivity index (χ4n) is 2.81. The highest BCUT2D eigenvalue weighted by Crippen LogP contribution is 2.28. The van der Waals surface area contributed by atoms with E-state index in [4.69, 9.17) is 4.74 Å². The van der Waals surface area contributed by atoms with E-state index in [9.17, 15) is 19.8 Å². The van der Waals surface area contributed by atoms with Gasteiger partial charge in [0.15, 0.2) is 0 Å². The fourth-order valence-corrected chi connectivity index (χ4v) is 2.81. The summed E-state index contributed by atoms with van der Waals surface area (Å²) in [6.45, 7) is 4.46. The summed E-state index contributed by atoms with van der Waals surface area (Å²) < 4.78 is 5.57. The Morgan fingerprint density at radius 3 is 2.44 bits per heavy atom. The first-order valence-electron chi connectivity index (χ1n) is 8.21. The molecule has 2 rings (SSSR count). The molecular weight excluding hydrogens is 320 g/mol. The van der Waals surface area contributed by atoms with Gasteiger partial charge in [0.1, 0.15) is 5.75 Å². The highest BCUT2D eigenvalue weighted by atomic mass is 16.5. The number of hydrogen-bond acceptors (Lipinski definition) is 3. The van der Waals surface area contributed by atoms with Gasteiger partial charge in [-0.15, -0.1) is 0 Å². The molecular formula is C20H22O5. The lowest BCUT2D eigenvalue weighted by atomic mass is 9.87. The predicted octanol–water partition coefficient (Wildman–Crippen LogP) is 3.89. The van der Waals surface area contributed by atoms with Crippen molar-refractivity contribution in [3.8, 4) is 5.75 Å². The molecule has 1 atom stereocenters. The second-order valence-electron chi connectivity index (χ2n) is 5.92. The van der Waals surface area contributed by atoms with Crippen LogP contribution in [0.3, 0.4) is 0 Å². The highest BCUT2D eigenvalue weighted by molar-refractivity contribution is 5.89. The van der Waals surface area contributed by atoms with E-state index in [1.165, 1.54) is 6.07 Å². The molecule has 5 nitrogen and oxygen atoms in total. The summed E-state index contributed by atoms with van der Waals surface area (Å²) in [7, 11) is 0. The number of ether oxygens (including phenoxy) is 1. The van der Waals surface area contributed by atoms with Gasteiger partial charge in [0.25, 0.3) is 0 Å². The number of carbonyl (C=O) groups is 2. The van der Waals surface area contributed by atoms with Gasteiger partial charge < -0.3 is 14.9 Å². The zero-order valence-electron chi connectivity index (χ0n) is 14.4. The van der Waals surface area contributed by atoms with Gasteiger partial charge in [0, 0.05) is 0 Å². The Hall–Kier alpha value is -2.82. The van der Waals surface area contributed by atoms with Crippen LogP contribution in [-0.4, -0.2) is 28.8 Å². The average Bonchev–Trinajstić information content (AvgIpc) is 2.58. The van der Waals surface area contributed by atoms with Gasteiger partial charge >= 0.3 is 11.9 Å². The van der Waals surface area contributed by atoms with E-state index >= 15 is 0 Å². The fraction of sp³-hybridized carbons (Fsp3) is 0.300. The third kappa shape index (κ3) is 4.59. The van der Waals surface area contributed by atoms with E-state index in [0.29, 0.717) is 23.5 Å². The molecule has 0 saturated heterocycles. The Labute approximate surface area is 146 Å². The van der Waals surface area contributed by atoms with Gasteiger partial charge in [-0.05, 0) is 54.7 Å². The first-order chi connectivity index (χ1) is 11.9. The van der Waals surface area contributed by atoms with E-state index in [-0.39, 0.29) is 12.0 Å². The van der Waals surface area contributed by atoms with Crippen molar-refractivity contribution in [2.24, 2.45) is 0 Å². The zero-order valence-corrected chi connectivity index (χ0v) is 14.4. The monoisotopic (exact) mass is 342 g/mol. The minimum Gasteiger partial charge on any atom is -0.494 e. The normalized spacial score (nSPS) is 11.8. The molecule has 25 heavy (non-hydrogen) atoms. The van der Waals surface area contributed by atoms with Crippen molar-refractivity contribution in [2.45, 2.75) is 32.6 Å². The Balaban J connectivity index is 2.33.